The molecule has 2 atom stereocenters. The lowest BCUT2D eigenvalue weighted by molar-refractivity contribution is -0.128. The van der Waals surface area contributed by atoms with Crippen LogP contribution in [0.1, 0.15) is 22.7 Å². The molecule has 3 aromatic rings. The van der Waals surface area contributed by atoms with E-state index >= 15 is 0 Å². The molecule has 1 saturated heterocycles. The Hall–Kier alpha value is -3.22. The summed E-state index contributed by atoms with van der Waals surface area (Å²) in [4.78, 5) is 20.0. The van der Waals surface area contributed by atoms with E-state index in [-0.39, 0.29) is 17.9 Å². The molecule has 1 aliphatic rings. The van der Waals surface area contributed by atoms with Gasteiger partial charge in [-0.1, -0.05) is 48.5 Å². The maximum atomic E-state index is 13.4. The summed E-state index contributed by atoms with van der Waals surface area (Å²) in [5.41, 5.74) is 3.23. The molecular weight excluding hydrogens is 402 g/mol. The summed E-state index contributed by atoms with van der Waals surface area (Å²) in [5, 5.41) is 3.12. The summed E-state index contributed by atoms with van der Waals surface area (Å²) in [6.07, 6.45) is 3.66. The number of nitrogens with zero attached hydrogens (tertiary/aromatic N) is 2. The van der Waals surface area contributed by atoms with Gasteiger partial charge >= 0.3 is 0 Å². The Labute approximate surface area is 189 Å². The monoisotopic (exact) mass is 431 g/mol. The molecule has 0 saturated carbocycles. The molecule has 1 amide bonds. The Kier molecular flexibility index (Phi) is 7.48. The van der Waals surface area contributed by atoms with Crippen molar-refractivity contribution in [2.24, 2.45) is 5.92 Å². The van der Waals surface area contributed by atoms with Crippen LogP contribution in [0.5, 0.6) is 5.75 Å². The zero-order chi connectivity index (χ0) is 22.2. The van der Waals surface area contributed by atoms with Crippen LogP contribution in [0.25, 0.3) is 0 Å². The fourth-order valence-electron chi connectivity index (χ4n) is 4.20. The highest BCUT2D eigenvalue weighted by Crippen LogP contribution is 2.32. The van der Waals surface area contributed by atoms with E-state index in [1.807, 2.05) is 54.7 Å². The summed E-state index contributed by atoms with van der Waals surface area (Å²) in [7, 11) is 1.64. The van der Waals surface area contributed by atoms with Gasteiger partial charge in [0, 0.05) is 38.1 Å². The van der Waals surface area contributed by atoms with E-state index in [0.717, 1.165) is 29.0 Å². The molecule has 0 radical (unpaired) electrons. The van der Waals surface area contributed by atoms with Gasteiger partial charge in [0.2, 0.25) is 5.91 Å². The largest absolute Gasteiger partial charge is 0.497 e. The standard InChI is InChI=1S/C26H29N3O3/c1-31-23-11-5-7-20(15-23)17-28-26(30)24-19-32-14-13-29(18-21-8-6-12-27-16-21)25(24)22-9-3-2-4-10-22/h2-12,15-16,24-25H,13-14,17-19H2,1H3,(H,28,30)/t24-,25+/m1/s1. The smallest absolute Gasteiger partial charge is 0.227 e. The number of benzene rings is 2. The number of amides is 1. The van der Waals surface area contributed by atoms with Gasteiger partial charge in [0.1, 0.15) is 5.75 Å². The molecule has 1 aliphatic heterocycles. The minimum absolute atomic E-state index is 0.0141. The lowest BCUT2D eigenvalue weighted by Crippen LogP contribution is -2.41. The SMILES string of the molecule is COc1cccc(CNC(=O)[C@@H]2COCCN(Cc3cccnc3)[C@H]2c2ccccc2)c1. The van der Waals surface area contributed by atoms with Crippen molar-refractivity contribution in [3.63, 3.8) is 0 Å². The van der Waals surface area contributed by atoms with Gasteiger partial charge in [-0.25, -0.2) is 0 Å². The van der Waals surface area contributed by atoms with Crippen molar-refractivity contribution in [2.45, 2.75) is 19.1 Å². The van der Waals surface area contributed by atoms with Crippen LogP contribution in [-0.4, -0.2) is 42.7 Å². The molecule has 2 heterocycles. The number of nitrogens with one attached hydrogen (secondary N) is 1. The van der Waals surface area contributed by atoms with E-state index in [1.54, 1.807) is 13.3 Å². The molecular formula is C26H29N3O3. The highest BCUT2D eigenvalue weighted by molar-refractivity contribution is 5.80. The lowest BCUT2D eigenvalue weighted by Gasteiger charge is -2.34. The van der Waals surface area contributed by atoms with Gasteiger partial charge in [-0.15, -0.1) is 0 Å². The molecule has 0 bridgehead atoms. The number of carbonyl (C=O) groups excluding carboxylic acids is 1. The van der Waals surface area contributed by atoms with E-state index in [1.165, 1.54) is 0 Å². The predicted octanol–water partition coefficient (Wildman–Crippen LogP) is 3.60. The average Bonchev–Trinajstić information content (AvgIpc) is 3.06. The molecule has 0 spiro atoms. The second-order valence-electron chi connectivity index (χ2n) is 7.94. The van der Waals surface area contributed by atoms with Crippen molar-refractivity contribution in [3.05, 3.63) is 95.8 Å². The van der Waals surface area contributed by atoms with Gasteiger partial charge in [-0.2, -0.15) is 0 Å². The molecule has 0 aliphatic carbocycles. The van der Waals surface area contributed by atoms with Gasteiger partial charge < -0.3 is 14.8 Å². The van der Waals surface area contributed by atoms with Crippen molar-refractivity contribution < 1.29 is 14.3 Å². The second kappa shape index (κ2) is 10.9. The van der Waals surface area contributed by atoms with Crippen molar-refractivity contribution in [1.29, 1.82) is 0 Å². The number of hydrogen-bond acceptors (Lipinski definition) is 5. The van der Waals surface area contributed by atoms with Gasteiger partial charge in [0.05, 0.1) is 26.2 Å². The molecule has 0 unspecified atom stereocenters. The van der Waals surface area contributed by atoms with E-state index in [0.29, 0.717) is 26.3 Å². The van der Waals surface area contributed by atoms with Crippen molar-refractivity contribution in [1.82, 2.24) is 15.2 Å². The first-order valence-corrected chi connectivity index (χ1v) is 10.9. The molecule has 1 N–H and O–H groups in total. The lowest BCUT2D eigenvalue weighted by atomic mass is 9.91. The normalized spacial score (nSPS) is 19.2. The predicted molar refractivity (Wildman–Crippen MR) is 123 cm³/mol. The minimum Gasteiger partial charge on any atom is -0.497 e. The van der Waals surface area contributed by atoms with Crippen LogP contribution in [0.2, 0.25) is 0 Å². The number of rotatable bonds is 7. The number of hydrogen-bond donors (Lipinski definition) is 1. The Balaban J connectivity index is 1.56. The molecule has 1 fully saturated rings. The van der Waals surface area contributed by atoms with Crippen LogP contribution in [-0.2, 0) is 22.6 Å². The number of aromatic nitrogens is 1. The van der Waals surface area contributed by atoms with Gasteiger partial charge in [0.15, 0.2) is 0 Å². The third kappa shape index (κ3) is 5.52. The van der Waals surface area contributed by atoms with Crippen molar-refractivity contribution in [3.8, 4) is 5.75 Å². The number of pyridine rings is 1. The van der Waals surface area contributed by atoms with Crippen molar-refractivity contribution in [2.75, 3.05) is 26.9 Å². The first kappa shape index (κ1) is 22.0. The summed E-state index contributed by atoms with van der Waals surface area (Å²) in [6.45, 7) is 2.86. The van der Waals surface area contributed by atoms with E-state index < -0.39 is 0 Å². The van der Waals surface area contributed by atoms with Gasteiger partial charge in [-0.3, -0.25) is 14.7 Å². The molecule has 166 valence electrons. The minimum atomic E-state index is -0.331. The summed E-state index contributed by atoms with van der Waals surface area (Å²) in [6, 6.07) is 21.9. The highest BCUT2D eigenvalue weighted by atomic mass is 16.5. The van der Waals surface area contributed by atoms with Crippen LogP contribution in [0, 0.1) is 5.92 Å². The third-order valence-corrected chi connectivity index (χ3v) is 5.78. The number of ether oxygens (including phenoxy) is 2. The van der Waals surface area contributed by atoms with E-state index in [2.05, 4.69) is 33.4 Å². The zero-order valence-corrected chi connectivity index (χ0v) is 18.3. The summed E-state index contributed by atoms with van der Waals surface area (Å²) >= 11 is 0. The van der Waals surface area contributed by atoms with Crippen LogP contribution in [0.4, 0.5) is 0 Å². The van der Waals surface area contributed by atoms with Crippen LogP contribution >= 0.6 is 0 Å². The van der Waals surface area contributed by atoms with Gasteiger partial charge in [-0.05, 0) is 34.9 Å². The highest BCUT2D eigenvalue weighted by Gasteiger charge is 2.36. The number of methoxy groups -OCH3 is 1. The first-order valence-electron chi connectivity index (χ1n) is 10.9. The van der Waals surface area contributed by atoms with Crippen LogP contribution in [0.3, 0.4) is 0 Å². The first-order chi connectivity index (χ1) is 15.7. The molecule has 6 nitrogen and oxygen atoms in total. The maximum Gasteiger partial charge on any atom is 0.227 e. The van der Waals surface area contributed by atoms with Crippen LogP contribution < -0.4 is 10.1 Å². The fraction of sp³-hybridized carbons (Fsp3) is 0.308. The molecule has 6 heteroatoms. The zero-order valence-electron chi connectivity index (χ0n) is 18.3. The topological polar surface area (TPSA) is 63.7 Å². The fourth-order valence-corrected chi connectivity index (χ4v) is 4.20. The molecule has 4 rings (SSSR count). The molecule has 32 heavy (non-hydrogen) atoms. The Morgan fingerprint density at radius 3 is 2.75 bits per heavy atom. The maximum absolute atomic E-state index is 13.4. The Morgan fingerprint density at radius 2 is 1.97 bits per heavy atom. The van der Waals surface area contributed by atoms with Crippen molar-refractivity contribution >= 4 is 5.91 Å². The third-order valence-electron chi connectivity index (χ3n) is 5.78. The quantitative estimate of drug-likeness (QED) is 0.619. The number of carbonyl (C=O) groups is 1. The van der Waals surface area contributed by atoms with E-state index in [4.69, 9.17) is 9.47 Å². The average molecular weight is 432 g/mol. The summed E-state index contributed by atoms with van der Waals surface area (Å²) in [5.74, 6) is 0.432. The summed E-state index contributed by atoms with van der Waals surface area (Å²) < 4.78 is 11.2. The Bertz CT molecular complexity index is 997. The molecule has 1 aromatic heterocycles. The Morgan fingerprint density at radius 1 is 1.12 bits per heavy atom. The second-order valence-corrected chi connectivity index (χ2v) is 7.94. The van der Waals surface area contributed by atoms with Gasteiger partial charge in [0.25, 0.3) is 0 Å². The van der Waals surface area contributed by atoms with Crippen LogP contribution in [0.15, 0.2) is 79.1 Å². The van der Waals surface area contributed by atoms with E-state index in [9.17, 15) is 4.79 Å². The molecule has 2 aromatic carbocycles.